The minimum absolute atomic E-state index is 0.485. The van der Waals surface area contributed by atoms with E-state index in [0.29, 0.717) is 12.6 Å². The molecule has 1 aliphatic carbocycles. The summed E-state index contributed by atoms with van der Waals surface area (Å²) in [5.41, 5.74) is 0. The number of nitrogens with zero attached hydrogens (tertiary/aromatic N) is 3. The summed E-state index contributed by atoms with van der Waals surface area (Å²) in [4.78, 5) is 4.00. The molecule has 0 amide bonds. The first kappa shape index (κ1) is 11.4. The molecule has 2 rings (SSSR count). The maximum Gasteiger partial charge on any atom is 0.335 e. The van der Waals surface area contributed by atoms with Crippen molar-refractivity contribution in [2.24, 2.45) is 7.05 Å². The molecule has 0 saturated heterocycles. The van der Waals surface area contributed by atoms with Crippen molar-refractivity contribution in [2.75, 3.05) is 13.2 Å². The van der Waals surface area contributed by atoms with Crippen molar-refractivity contribution in [2.45, 2.75) is 38.1 Å². The molecular weight excluding hydrogens is 204 g/mol. The van der Waals surface area contributed by atoms with Gasteiger partial charge in [0.15, 0.2) is 0 Å². The first-order valence-corrected chi connectivity index (χ1v) is 6.06. The van der Waals surface area contributed by atoms with Crippen LogP contribution in [0, 0.1) is 0 Å². The SMILES string of the molecule is Cn1cnc(OCCCCCNC2CC2)n1. The van der Waals surface area contributed by atoms with E-state index in [1.807, 2.05) is 7.05 Å². The van der Waals surface area contributed by atoms with Crippen molar-refractivity contribution in [1.29, 1.82) is 0 Å². The normalized spacial score (nSPS) is 15.3. The minimum Gasteiger partial charge on any atom is -0.462 e. The van der Waals surface area contributed by atoms with Crippen LogP contribution in [0.25, 0.3) is 0 Å². The van der Waals surface area contributed by atoms with Crippen LogP contribution in [0.4, 0.5) is 0 Å². The first-order valence-electron chi connectivity index (χ1n) is 6.06. The van der Waals surface area contributed by atoms with Gasteiger partial charge >= 0.3 is 6.01 Å². The minimum atomic E-state index is 0.485. The summed E-state index contributed by atoms with van der Waals surface area (Å²) in [5.74, 6) is 0. The van der Waals surface area contributed by atoms with E-state index in [-0.39, 0.29) is 0 Å². The lowest BCUT2D eigenvalue weighted by Gasteiger charge is -2.03. The molecule has 16 heavy (non-hydrogen) atoms. The third kappa shape index (κ3) is 4.18. The summed E-state index contributed by atoms with van der Waals surface area (Å²) in [6.45, 7) is 1.86. The average Bonchev–Trinajstić information content (AvgIpc) is 3.00. The van der Waals surface area contributed by atoms with Gasteiger partial charge in [0.05, 0.1) is 6.61 Å². The van der Waals surface area contributed by atoms with Gasteiger partial charge in [0, 0.05) is 13.1 Å². The Morgan fingerprint density at radius 2 is 2.31 bits per heavy atom. The van der Waals surface area contributed by atoms with Gasteiger partial charge in [0.2, 0.25) is 0 Å². The van der Waals surface area contributed by atoms with Crippen molar-refractivity contribution in [1.82, 2.24) is 20.1 Å². The van der Waals surface area contributed by atoms with Gasteiger partial charge in [0.1, 0.15) is 6.33 Å². The molecule has 0 atom stereocenters. The molecule has 0 bridgehead atoms. The molecule has 0 spiro atoms. The lowest BCUT2D eigenvalue weighted by molar-refractivity contribution is 0.281. The summed E-state index contributed by atoms with van der Waals surface area (Å²) in [6.07, 6.45) is 7.89. The number of ether oxygens (including phenoxy) is 1. The highest BCUT2D eigenvalue weighted by molar-refractivity contribution is 4.86. The van der Waals surface area contributed by atoms with Crippen LogP contribution in [0.3, 0.4) is 0 Å². The van der Waals surface area contributed by atoms with E-state index in [1.165, 1.54) is 25.7 Å². The van der Waals surface area contributed by atoms with Crippen molar-refractivity contribution in [3.63, 3.8) is 0 Å². The fourth-order valence-corrected chi connectivity index (χ4v) is 1.55. The monoisotopic (exact) mass is 224 g/mol. The summed E-state index contributed by atoms with van der Waals surface area (Å²) in [7, 11) is 1.84. The molecular formula is C11H20N4O. The van der Waals surface area contributed by atoms with Gasteiger partial charge in [-0.3, -0.25) is 4.68 Å². The second-order valence-electron chi connectivity index (χ2n) is 4.34. The Bertz CT molecular complexity index is 309. The maximum absolute atomic E-state index is 5.40. The van der Waals surface area contributed by atoms with E-state index in [9.17, 15) is 0 Å². The lowest BCUT2D eigenvalue weighted by atomic mass is 10.2. The molecule has 0 aromatic carbocycles. The Kier molecular flexibility index (Phi) is 4.16. The predicted octanol–water partition coefficient (Wildman–Crippen LogP) is 1.12. The predicted molar refractivity (Wildman–Crippen MR) is 61.4 cm³/mol. The molecule has 1 aliphatic rings. The second-order valence-corrected chi connectivity index (χ2v) is 4.34. The van der Waals surface area contributed by atoms with Crippen LogP contribution in [-0.2, 0) is 7.05 Å². The summed E-state index contributed by atoms with van der Waals surface area (Å²) < 4.78 is 7.05. The Balaban J connectivity index is 1.42. The Labute approximate surface area is 96.2 Å². The Hall–Kier alpha value is -1.10. The maximum atomic E-state index is 5.40. The smallest absolute Gasteiger partial charge is 0.335 e. The van der Waals surface area contributed by atoms with Gasteiger partial charge in [-0.15, -0.1) is 5.10 Å². The number of hydrogen-bond acceptors (Lipinski definition) is 4. The number of aromatic nitrogens is 3. The van der Waals surface area contributed by atoms with E-state index in [4.69, 9.17) is 4.74 Å². The fourth-order valence-electron chi connectivity index (χ4n) is 1.55. The molecule has 90 valence electrons. The zero-order chi connectivity index (χ0) is 11.2. The summed E-state index contributed by atoms with van der Waals surface area (Å²) in [6, 6.07) is 1.31. The third-order valence-electron chi connectivity index (χ3n) is 2.64. The zero-order valence-electron chi connectivity index (χ0n) is 9.85. The van der Waals surface area contributed by atoms with Crippen LogP contribution in [0.2, 0.25) is 0 Å². The van der Waals surface area contributed by atoms with Gasteiger partial charge in [-0.05, 0) is 38.6 Å². The third-order valence-corrected chi connectivity index (χ3v) is 2.64. The van der Waals surface area contributed by atoms with E-state index < -0.39 is 0 Å². The van der Waals surface area contributed by atoms with Crippen LogP contribution in [0.5, 0.6) is 6.01 Å². The van der Waals surface area contributed by atoms with Gasteiger partial charge in [-0.25, -0.2) is 0 Å². The number of hydrogen-bond donors (Lipinski definition) is 1. The topological polar surface area (TPSA) is 52.0 Å². The molecule has 1 aromatic heterocycles. The van der Waals surface area contributed by atoms with Gasteiger partial charge in [-0.1, -0.05) is 0 Å². The molecule has 5 nitrogen and oxygen atoms in total. The van der Waals surface area contributed by atoms with Crippen molar-refractivity contribution in [3.8, 4) is 6.01 Å². The molecule has 1 heterocycles. The Morgan fingerprint density at radius 1 is 1.44 bits per heavy atom. The van der Waals surface area contributed by atoms with Crippen molar-refractivity contribution >= 4 is 0 Å². The fraction of sp³-hybridized carbons (Fsp3) is 0.818. The van der Waals surface area contributed by atoms with Crippen molar-refractivity contribution < 1.29 is 4.74 Å². The molecule has 1 N–H and O–H groups in total. The van der Waals surface area contributed by atoms with E-state index in [2.05, 4.69) is 15.4 Å². The molecule has 0 unspecified atom stereocenters. The molecule has 1 saturated carbocycles. The average molecular weight is 224 g/mol. The van der Waals surface area contributed by atoms with Crippen LogP contribution < -0.4 is 10.1 Å². The molecule has 0 radical (unpaired) electrons. The van der Waals surface area contributed by atoms with Gasteiger partial charge < -0.3 is 10.1 Å². The van der Waals surface area contributed by atoms with Crippen LogP contribution >= 0.6 is 0 Å². The number of aryl methyl sites for hydroxylation is 1. The van der Waals surface area contributed by atoms with E-state index >= 15 is 0 Å². The van der Waals surface area contributed by atoms with Crippen LogP contribution in [0.15, 0.2) is 6.33 Å². The Morgan fingerprint density at radius 3 is 3.00 bits per heavy atom. The molecule has 5 heteroatoms. The molecule has 0 aliphatic heterocycles. The van der Waals surface area contributed by atoms with E-state index in [1.54, 1.807) is 11.0 Å². The highest BCUT2D eigenvalue weighted by atomic mass is 16.5. The largest absolute Gasteiger partial charge is 0.462 e. The lowest BCUT2D eigenvalue weighted by Crippen LogP contribution is -2.17. The standard InChI is InChI=1S/C11H20N4O/c1-15-9-13-11(14-15)16-8-4-2-3-7-12-10-5-6-10/h9-10,12H,2-8H2,1H3. The molecule has 1 fully saturated rings. The second kappa shape index (κ2) is 5.84. The summed E-state index contributed by atoms with van der Waals surface area (Å²) >= 11 is 0. The number of rotatable bonds is 8. The van der Waals surface area contributed by atoms with Crippen LogP contribution in [0.1, 0.15) is 32.1 Å². The zero-order valence-corrected chi connectivity index (χ0v) is 9.85. The number of nitrogens with one attached hydrogen (secondary N) is 1. The van der Waals surface area contributed by atoms with Gasteiger partial charge in [-0.2, -0.15) is 4.98 Å². The summed E-state index contributed by atoms with van der Waals surface area (Å²) in [5, 5.41) is 7.55. The van der Waals surface area contributed by atoms with E-state index in [0.717, 1.165) is 19.0 Å². The highest BCUT2D eigenvalue weighted by Crippen LogP contribution is 2.18. The molecule has 1 aromatic rings. The van der Waals surface area contributed by atoms with Gasteiger partial charge in [0.25, 0.3) is 0 Å². The van der Waals surface area contributed by atoms with Crippen molar-refractivity contribution in [3.05, 3.63) is 6.33 Å². The quantitative estimate of drug-likeness (QED) is 0.672. The first-order chi connectivity index (χ1) is 7.84. The van der Waals surface area contributed by atoms with Crippen LogP contribution in [-0.4, -0.2) is 34.0 Å². The number of unbranched alkanes of at least 4 members (excludes halogenated alkanes) is 2. The highest BCUT2D eigenvalue weighted by Gasteiger charge is 2.19.